The fourth-order valence-corrected chi connectivity index (χ4v) is 2.11. The molecule has 3 rings (SSSR count). The molecule has 0 saturated heterocycles. The molecule has 3 heteroatoms. The molecule has 2 aromatic carbocycles. The van der Waals surface area contributed by atoms with E-state index in [-0.39, 0.29) is 5.75 Å². The molecule has 0 aliphatic carbocycles. The van der Waals surface area contributed by atoms with Gasteiger partial charge in [-0.25, -0.2) is 0 Å². The van der Waals surface area contributed by atoms with Crippen LogP contribution in [-0.2, 0) is 0 Å². The summed E-state index contributed by atoms with van der Waals surface area (Å²) < 4.78 is 0. The van der Waals surface area contributed by atoms with E-state index in [1.165, 1.54) is 0 Å². The Morgan fingerprint density at radius 1 is 0.889 bits per heavy atom. The molecule has 0 atom stereocenters. The third-order valence-corrected chi connectivity index (χ3v) is 3.08. The van der Waals surface area contributed by atoms with Crippen molar-refractivity contribution in [2.45, 2.75) is 0 Å². The zero-order valence-electron chi connectivity index (χ0n) is 9.47. The maximum Gasteiger partial charge on any atom is 0.116 e. The second kappa shape index (κ2) is 4.31. The third kappa shape index (κ3) is 2.03. The number of nitrogens with zero attached hydrogens (tertiary/aromatic N) is 1. The number of benzene rings is 2. The molecule has 0 radical (unpaired) electrons. The molecule has 0 aliphatic heterocycles. The standard InChI is InChI=1S/C15H10ClNO/c16-13-5-6-17-15(9-13)12-2-1-11-8-14(18)4-3-10(11)7-12/h1-9,18H. The number of fused-ring (bicyclic) bond motifs is 1. The zero-order chi connectivity index (χ0) is 12.5. The molecule has 2 nitrogen and oxygen atoms in total. The highest BCUT2D eigenvalue weighted by molar-refractivity contribution is 6.30. The molecule has 18 heavy (non-hydrogen) atoms. The number of rotatable bonds is 1. The Labute approximate surface area is 109 Å². The Morgan fingerprint density at radius 3 is 2.50 bits per heavy atom. The molecule has 0 bridgehead atoms. The number of aromatic hydroxyl groups is 1. The van der Waals surface area contributed by atoms with E-state index in [1.807, 2.05) is 30.3 Å². The van der Waals surface area contributed by atoms with Gasteiger partial charge in [-0.1, -0.05) is 29.8 Å². The minimum Gasteiger partial charge on any atom is -0.508 e. The molecule has 0 saturated carbocycles. The predicted octanol–water partition coefficient (Wildman–Crippen LogP) is 4.26. The number of hydrogen-bond acceptors (Lipinski definition) is 2. The Bertz CT molecular complexity index is 725. The van der Waals surface area contributed by atoms with Crippen LogP contribution in [0, 0.1) is 0 Å². The molecule has 88 valence electrons. The van der Waals surface area contributed by atoms with Crippen molar-refractivity contribution in [3.05, 3.63) is 59.8 Å². The average molecular weight is 256 g/mol. The summed E-state index contributed by atoms with van der Waals surface area (Å²) >= 11 is 5.96. The van der Waals surface area contributed by atoms with Gasteiger partial charge in [-0.2, -0.15) is 0 Å². The Kier molecular flexibility index (Phi) is 2.65. The van der Waals surface area contributed by atoms with Gasteiger partial charge in [0.1, 0.15) is 5.75 Å². The van der Waals surface area contributed by atoms with E-state index in [4.69, 9.17) is 11.6 Å². The lowest BCUT2D eigenvalue weighted by Crippen LogP contribution is -1.83. The minimum absolute atomic E-state index is 0.274. The summed E-state index contributed by atoms with van der Waals surface area (Å²) in [5.74, 6) is 0.274. The maximum atomic E-state index is 9.42. The van der Waals surface area contributed by atoms with Crippen LogP contribution in [0.1, 0.15) is 0 Å². The summed E-state index contributed by atoms with van der Waals surface area (Å²) in [4.78, 5) is 4.30. The fraction of sp³-hybridized carbons (Fsp3) is 0. The van der Waals surface area contributed by atoms with Crippen molar-refractivity contribution in [2.75, 3.05) is 0 Å². The van der Waals surface area contributed by atoms with Gasteiger partial charge >= 0.3 is 0 Å². The van der Waals surface area contributed by atoms with E-state index in [0.717, 1.165) is 22.0 Å². The molecule has 0 fully saturated rings. The quantitative estimate of drug-likeness (QED) is 0.705. The Hall–Kier alpha value is -2.06. The van der Waals surface area contributed by atoms with Gasteiger partial charge in [-0.05, 0) is 41.1 Å². The SMILES string of the molecule is Oc1ccc2cc(-c3cc(Cl)ccn3)ccc2c1. The van der Waals surface area contributed by atoms with Crippen LogP contribution in [0.15, 0.2) is 54.7 Å². The molecule has 0 spiro atoms. The van der Waals surface area contributed by atoms with Gasteiger partial charge in [0, 0.05) is 16.8 Å². The van der Waals surface area contributed by atoms with E-state index in [9.17, 15) is 5.11 Å². The molecular weight excluding hydrogens is 246 g/mol. The highest BCUT2D eigenvalue weighted by Gasteiger charge is 2.02. The summed E-state index contributed by atoms with van der Waals surface area (Å²) in [6, 6.07) is 14.9. The van der Waals surface area contributed by atoms with Gasteiger partial charge in [0.05, 0.1) is 5.69 Å². The summed E-state index contributed by atoms with van der Waals surface area (Å²) in [6.07, 6.45) is 1.69. The first-order chi connectivity index (χ1) is 8.72. The van der Waals surface area contributed by atoms with Crippen LogP contribution in [0.3, 0.4) is 0 Å². The Morgan fingerprint density at radius 2 is 1.67 bits per heavy atom. The number of halogens is 1. The normalized spacial score (nSPS) is 10.7. The highest BCUT2D eigenvalue weighted by atomic mass is 35.5. The molecule has 3 aromatic rings. The summed E-state index contributed by atoms with van der Waals surface area (Å²) in [6.45, 7) is 0. The van der Waals surface area contributed by atoms with Crippen molar-refractivity contribution in [3.63, 3.8) is 0 Å². The van der Waals surface area contributed by atoms with Crippen LogP contribution < -0.4 is 0 Å². The second-order valence-electron chi connectivity index (χ2n) is 4.11. The van der Waals surface area contributed by atoms with Crippen LogP contribution >= 0.6 is 11.6 Å². The first-order valence-corrected chi connectivity index (χ1v) is 5.95. The van der Waals surface area contributed by atoms with Crippen LogP contribution in [0.4, 0.5) is 0 Å². The molecular formula is C15H10ClNO. The van der Waals surface area contributed by atoms with Crippen molar-refractivity contribution in [1.29, 1.82) is 0 Å². The minimum atomic E-state index is 0.274. The first-order valence-electron chi connectivity index (χ1n) is 5.57. The van der Waals surface area contributed by atoms with Crippen molar-refractivity contribution in [2.24, 2.45) is 0 Å². The fourth-order valence-electron chi connectivity index (χ4n) is 1.96. The van der Waals surface area contributed by atoms with Crippen LogP contribution in [-0.4, -0.2) is 10.1 Å². The number of hydrogen-bond donors (Lipinski definition) is 1. The van der Waals surface area contributed by atoms with E-state index in [2.05, 4.69) is 4.98 Å². The monoisotopic (exact) mass is 255 g/mol. The van der Waals surface area contributed by atoms with Crippen LogP contribution in [0.25, 0.3) is 22.0 Å². The Balaban J connectivity index is 2.16. The zero-order valence-corrected chi connectivity index (χ0v) is 10.2. The topological polar surface area (TPSA) is 33.1 Å². The van der Waals surface area contributed by atoms with Crippen LogP contribution in [0.2, 0.25) is 5.02 Å². The van der Waals surface area contributed by atoms with Gasteiger partial charge in [0.15, 0.2) is 0 Å². The van der Waals surface area contributed by atoms with E-state index in [1.54, 1.807) is 24.4 Å². The molecule has 1 aromatic heterocycles. The van der Waals surface area contributed by atoms with Crippen molar-refractivity contribution >= 4 is 22.4 Å². The number of pyridine rings is 1. The van der Waals surface area contributed by atoms with Gasteiger partial charge in [0.25, 0.3) is 0 Å². The second-order valence-corrected chi connectivity index (χ2v) is 4.54. The summed E-state index contributed by atoms with van der Waals surface area (Å²) in [5, 5.41) is 12.2. The molecule has 1 N–H and O–H groups in total. The van der Waals surface area contributed by atoms with Gasteiger partial charge in [-0.3, -0.25) is 4.98 Å². The first kappa shape index (κ1) is 11.1. The van der Waals surface area contributed by atoms with Gasteiger partial charge in [-0.15, -0.1) is 0 Å². The predicted molar refractivity (Wildman–Crippen MR) is 73.9 cm³/mol. The number of phenols is 1. The lowest BCUT2D eigenvalue weighted by Gasteiger charge is -2.04. The third-order valence-electron chi connectivity index (χ3n) is 2.84. The lowest BCUT2D eigenvalue weighted by atomic mass is 10.0. The highest BCUT2D eigenvalue weighted by Crippen LogP contribution is 2.26. The summed E-state index contributed by atoms with van der Waals surface area (Å²) in [7, 11) is 0. The van der Waals surface area contributed by atoms with Crippen molar-refractivity contribution < 1.29 is 5.11 Å². The van der Waals surface area contributed by atoms with Gasteiger partial charge < -0.3 is 5.11 Å². The van der Waals surface area contributed by atoms with E-state index >= 15 is 0 Å². The van der Waals surface area contributed by atoms with E-state index < -0.39 is 0 Å². The molecule has 0 unspecified atom stereocenters. The van der Waals surface area contributed by atoms with Crippen molar-refractivity contribution in [1.82, 2.24) is 4.98 Å². The lowest BCUT2D eigenvalue weighted by molar-refractivity contribution is 0.476. The maximum absolute atomic E-state index is 9.42. The smallest absolute Gasteiger partial charge is 0.116 e. The van der Waals surface area contributed by atoms with Gasteiger partial charge in [0.2, 0.25) is 0 Å². The van der Waals surface area contributed by atoms with Crippen LogP contribution in [0.5, 0.6) is 5.75 Å². The van der Waals surface area contributed by atoms with Crippen molar-refractivity contribution in [3.8, 4) is 17.0 Å². The molecule has 0 amide bonds. The number of aromatic nitrogens is 1. The van der Waals surface area contributed by atoms with E-state index in [0.29, 0.717) is 5.02 Å². The largest absolute Gasteiger partial charge is 0.508 e. The molecule has 1 heterocycles. The molecule has 0 aliphatic rings. The summed E-state index contributed by atoms with van der Waals surface area (Å²) in [5.41, 5.74) is 1.85. The number of phenolic OH excluding ortho intramolecular Hbond substituents is 1. The average Bonchev–Trinajstić information content (AvgIpc) is 2.38.